The SMILES string of the molecule is CNC1COCC1C(=O)NCCOCC(N)=O. The van der Waals surface area contributed by atoms with Crippen LogP contribution in [-0.4, -0.2) is 57.9 Å². The predicted octanol–water partition coefficient (Wildman–Crippen LogP) is -2.16. The van der Waals surface area contributed by atoms with E-state index in [1.54, 1.807) is 7.05 Å². The maximum Gasteiger partial charge on any atom is 0.243 e. The molecule has 7 nitrogen and oxygen atoms in total. The van der Waals surface area contributed by atoms with E-state index in [1.165, 1.54) is 0 Å². The van der Waals surface area contributed by atoms with Crippen LogP contribution in [-0.2, 0) is 19.1 Å². The molecular formula is C10H19N3O4. The Labute approximate surface area is 100 Å². The minimum absolute atomic E-state index is 0.0570. The van der Waals surface area contributed by atoms with Crippen LogP contribution in [0.4, 0.5) is 0 Å². The average Bonchev–Trinajstić information content (AvgIpc) is 2.75. The third-order valence-electron chi connectivity index (χ3n) is 2.58. The van der Waals surface area contributed by atoms with Crippen LogP contribution in [0.1, 0.15) is 0 Å². The average molecular weight is 245 g/mol. The summed E-state index contributed by atoms with van der Waals surface area (Å²) >= 11 is 0. The van der Waals surface area contributed by atoms with Crippen molar-refractivity contribution < 1.29 is 19.1 Å². The molecule has 2 atom stereocenters. The van der Waals surface area contributed by atoms with Crippen molar-refractivity contribution in [3.05, 3.63) is 0 Å². The van der Waals surface area contributed by atoms with Gasteiger partial charge in [-0.05, 0) is 7.05 Å². The molecule has 1 aliphatic heterocycles. The van der Waals surface area contributed by atoms with Crippen molar-refractivity contribution in [1.82, 2.24) is 10.6 Å². The highest BCUT2D eigenvalue weighted by Crippen LogP contribution is 2.12. The highest BCUT2D eigenvalue weighted by Gasteiger charge is 2.32. The molecule has 1 heterocycles. The normalized spacial score (nSPS) is 23.6. The second-order valence-electron chi connectivity index (χ2n) is 3.85. The van der Waals surface area contributed by atoms with Gasteiger partial charge in [-0.1, -0.05) is 0 Å². The molecule has 98 valence electrons. The van der Waals surface area contributed by atoms with E-state index in [0.29, 0.717) is 19.8 Å². The molecule has 0 spiro atoms. The fourth-order valence-corrected chi connectivity index (χ4v) is 1.65. The van der Waals surface area contributed by atoms with E-state index < -0.39 is 5.91 Å². The molecule has 2 unspecified atom stereocenters. The van der Waals surface area contributed by atoms with Crippen LogP contribution in [0.2, 0.25) is 0 Å². The van der Waals surface area contributed by atoms with E-state index in [9.17, 15) is 9.59 Å². The number of carbonyl (C=O) groups excluding carboxylic acids is 2. The van der Waals surface area contributed by atoms with Crippen LogP contribution in [0.15, 0.2) is 0 Å². The summed E-state index contributed by atoms with van der Waals surface area (Å²) in [6, 6.07) is 0.0570. The number of hydrogen-bond donors (Lipinski definition) is 3. The van der Waals surface area contributed by atoms with Crippen molar-refractivity contribution in [1.29, 1.82) is 0 Å². The Morgan fingerprint density at radius 2 is 2.24 bits per heavy atom. The predicted molar refractivity (Wildman–Crippen MR) is 60.2 cm³/mol. The molecule has 17 heavy (non-hydrogen) atoms. The van der Waals surface area contributed by atoms with E-state index >= 15 is 0 Å². The lowest BCUT2D eigenvalue weighted by atomic mass is 10.0. The Morgan fingerprint density at radius 3 is 2.88 bits per heavy atom. The van der Waals surface area contributed by atoms with E-state index in [1.807, 2.05) is 0 Å². The van der Waals surface area contributed by atoms with Crippen molar-refractivity contribution in [2.45, 2.75) is 6.04 Å². The summed E-state index contributed by atoms with van der Waals surface area (Å²) in [6.45, 7) is 1.49. The zero-order valence-corrected chi connectivity index (χ0v) is 9.90. The van der Waals surface area contributed by atoms with Gasteiger partial charge in [0.25, 0.3) is 0 Å². The summed E-state index contributed by atoms with van der Waals surface area (Å²) in [6.07, 6.45) is 0. The smallest absolute Gasteiger partial charge is 0.243 e. The van der Waals surface area contributed by atoms with Gasteiger partial charge in [0, 0.05) is 12.6 Å². The van der Waals surface area contributed by atoms with Gasteiger partial charge < -0.3 is 25.8 Å². The lowest BCUT2D eigenvalue weighted by Crippen LogP contribution is -2.43. The van der Waals surface area contributed by atoms with Gasteiger partial charge in [0.2, 0.25) is 11.8 Å². The van der Waals surface area contributed by atoms with Crippen LogP contribution in [0.5, 0.6) is 0 Å². The van der Waals surface area contributed by atoms with Crippen molar-refractivity contribution in [2.75, 3.05) is 40.0 Å². The van der Waals surface area contributed by atoms with Gasteiger partial charge in [0.1, 0.15) is 6.61 Å². The summed E-state index contributed by atoms with van der Waals surface area (Å²) in [7, 11) is 1.80. The van der Waals surface area contributed by atoms with Crippen molar-refractivity contribution in [3.8, 4) is 0 Å². The van der Waals surface area contributed by atoms with Crippen molar-refractivity contribution in [2.24, 2.45) is 11.7 Å². The topological polar surface area (TPSA) is 103 Å². The van der Waals surface area contributed by atoms with E-state index in [4.69, 9.17) is 15.2 Å². The largest absolute Gasteiger partial charge is 0.379 e. The molecule has 7 heteroatoms. The zero-order valence-electron chi connectivity index (χ0n) is 9.90. The molecule has 1 fully saturated rings. The maximum absolute atomic E-state index is 11.7. The molecule has 4 N–H and O–H groups in total. The molecule has 0 aromatic rings. The van der Waals surface area contributed by atoms with Gasteiger partial charge in [-0.2, -0.15) is 0 Å². The number of ether oxygens (including phenoxy) is 2. The molecule has 1 rings (SSSR count). The zero-order chi connectivity index (χ0) is 12.7. The minimum atomic E-state index is -0.518. The van der Waals surface area contributed by atoms with E-state index in [0.717, 1.165) is 0 Å². The Hall–Kier alpha value is -1.18. The number of likely N-dealkylation sites (N-methyl/N-ethyl adjacent to an activating group) is 1. The van der Waals surface area contributed by atoms with Gasteiger partial charge in [-0.15, -0.1) is 0 Å². The fraction of sp³-hybridized carbons (Fsp3) is 0.800. The Kier molecular flexibility index (Phi) is 5.88. The fourth-order valence-electron chi connectivity index (χ4n) is 1.65. The maximum atomic E-state index is 11.7. The monoisotopic (exact) mass is 245 g/mol. The van der Waals surface area contributed by atoms with Gasteiger partial charge in [-0.3, -0.25) is 9.59 Å². The van der Waals surface area contributed by atoms with Gasteiger partial charge in [0.05, 0.1) is 25.7 Å². The second kappa shape index (κ2) is 7.21. The molecule has 1 saturated heterocycles. The summed E-state index contributed by atoms with van der Waals surface area (Å²) in [5, 5.41) is 5.76. The minimum Gasteiger partial charge on any atom is -0.379 e. The summed E-state index contributed by atoms with van der Waals surface area (Å²) < 4.78 is 10.2. The molecule has 1 aliphatic rings. The standard InChI is InChI=1S/C10H19N3O4/c1-12-8-5-17-4-7(8)10(15)13-2-3-16-6-9(11)14/h7-8,12H,2-6H2,1H3,(H2,11,14)(H,13,15). The first-order valence-electron chi connectivity index (χ1n) is 5.54. The van der Waals surface area contributed by atoms with Crippen LogP contribution >= 0.6 is 0 Å². The van der Waals surface area contributed by atoms with Gasteiger partial charge in [-0.25, -0.2) is 0 Å². The highest BCUT2D eigenvalue weighted by molar-refractivity contribution is 5.79. The molecule has 0 saturated carbocycles. The number of rotatable bonds is 7. The number of nitrogens with two attached hydrogens (primary N) is 1. The first-order chi connectivity index (χ1) is 8.15. The summed E-state index contributed by atoms with van der Waals surface area (Å²) in [5.41, 5.74) is 4.89. The number of nitrogens with one attached hydrogen (secondary N) is 2. The number of amides is 2. The van der Waals surface area contributed by atoms with Gasteiger partial charge in [0.15, 0.2) is 0 Å². The molecule has 0 aromatic heterocycles. The van der Waals surface area contributed by atoms with Crippen LogP contribution in [0.3, 0.4) is 0 Å². The number of carbonyl (C=O) groups is 2. The van der Waals surface area contributed by atoms with Gasteiger partial charge >= 0.3 is 0 Å². The van der Waals surface area contributed by atoms with Crippen LogP contribution in [0.25, 0.3) is 0 Å². The second-order valence-corrected chi connectivity index (χ2v) is 3.85. The number of primary amides is 1. The van der Waals surface area contributed by atoms with E-state index in [-0.39, 0.29) is 31.1 Å². The summed E-state index contributed by atoms with van der Waals surface area (Å²) in [4.78, 5) is 22.1. The first kappa shape index (κ1) is 13.9. The molecule has 0 aromatic carbocycles. The summed E-state index contributed by atoms with van der Waals surface area (Å²) in [5.74, 6) is -0.753. The highest BCUT2D eigenvalue weighted by atomic mass is 16.5. The molecular weight excluding hydrogens is 226 g/mol. The third kappa shape index (κ3) is 4.68. The van der Waals surface area contributed by atoms with Crippen molar-refractivity contribution >= 4 is 11.8 Å². The molecule has 0 aliphatic carbocycles. The quantitative estimate of drug-likeness (QED) is 0.443. The first-order valence-corrected chi connectivity index (χ1v) is 5.54. The third-order valence-corrected chi connectivity index (χ3v) is 2.58. The Bertz CT molecular complexity index is 272. The Balaban J connectivity index is 2.14. The molecule has 0 bridgehead atoms. The Morgan fingerprint density at radius 1 is 1.47 bits per heavy atom. The van der Waals surface area contributed by atoms with Crippen LogP contribution < -0.4 is 16.4 Å². The lowest BCUT2D eigenvalue weighted by Gasteiger charge is -2.16. The number of hydrogen-bond acceptors (Lipinski definition) is 5. The lowest BCUT2D eigenvalue weighted by molar-refractivity contribution is -0.125. The van der Waals surface area contributed by atoms with Crippen LogP contribution in [0, 0.1) is 5.92 Å². The molecule has 0 radical (unpaired) electrons. The van der Waals surface area contributed by atoms with E-state index in [2.05, 4.69) is 10.6 Å². The van der Waals surface area contributed by atoms with Crippen molar-refractivity contribution in [3.63, 3.8) is 0 Å². The molecule has 2 amide bonds.